The van der Waals surface area contributed by atoms with Crippen LogP contribution >= 0.6 is 0 Å². The number of para-hydroxylation sites is 1. The molecule has 1 heterocycles. The molecule has 0 saturated heterocycles. The Labute approximate surface area is 128 Å². The van der Waals surface area contributed by atoms with E-state index in [9.17, 15) is 4.79 Å². The van der Waals surface area contributed by atoms with Gasteiger partial charge in [0.05, 0.1) is 17.0 Å². The van der Waals surface area contributed by atoms with Crippen molar-refractivity contribution in [1.29, 1.82) is 0 Å². The first-order valence-electron chi connectivity index (χ1n) is 6.93. The number of ether oxygens (including phenoxy) is 1. The highest BCUT2D eigenvalue weighted by Crippen LogP contribution is 2.27. The molecule has 2 aromatic rings. The molecular weight excluding hydrogens is 282 g/mol. The highest BCUT2D eigenvalue weighted by molar-refractivity contribution is 5.96. The average Bonchev–Trinajstić information content (AvgIpc) is 2.52. The number of carbonyl (C=O) groups is 1. The van der Waals surface area contributed by atoms with E-state index in [-0.39, 0.29) is 5.95 Å². The quantitative estimate of drug-likeness (QED) is 0.438. The molecule has 2 rings (SSSR count). The van der Waals surface area contributed by atoms with E-state index in [4.69, 9.17) is 16.3 Å². The minimum atomic E-state index is -0.470. The van der Waals surface area contributed by atoms with Gasteiger partial charge in [0, 0.05) is 0 Å². The van der Waals surface area contributed by atoms with Crippen LogP contribution in [0.1, 0.15) is 41.2 Å². The molecule has 0 aliphatic rings. The highest BCUT2D eigenvalue weighted by Gasteiger charge is 2.24. The van der Waals surface area contributed by atoms with Crippen LogP contribution in [0.15, 0.2) is 30.3 Å². The number of rotatable bonds is 5. The smallest absolute Gasteiger partial charge is 0.269 e. The first kappa shape index (κ1) is 15.7. The molecule has 7 heteroatoms. The van der Waals surface area contributed by atoms with E-state index in [0.717, 1.165) is 0 Å². The largest absolute Gasteiger partial charge is 0.484 e. The number of benzene rings is 1. The third kappa shape index (κ3) is 3.32. The average molecular weight is 301 g/mol. The van der Waals surface area contributed by atoms with Gasteiger partial charge in [-0.2, -0.15) is 0 Å². The maximum absolute atomic E-state index is 12.0. The molecule has 0 fully saturated rings. The number of nitrogen functional groups attached to an aromatic ring is 2. The van der Waals surface area contributed by atoms with Gasteiger partial charge in [0.2, 0.25) is 5.95 Å². The molecule has 1 unspecified atom stereocenters. The molecule has 1 aromatic heterocycles. The predicted molar refractivity (Wildman–Crippen MR) is 82.9 cm³/mol. The summed E-state index contributed by atoms with van der Waals surface area (Å²) in [7, 11) is 0. The molecule has 22 heavy (non-hydrogen) atoms. The van der Waals surface area contributed by atoms with Gasteiger partial charge in [-0.05, 0) is 25.5 Å². The first-order chi connectivity index (χ1) is 10.6. The number of hydrogen-bond acceptors (Lipinski definition) is 6. The van der Waals surface area contributed by atoms with E-state index in [2.05, 4.69) is 15.4 Å². The predicted octanol–water partition coefficient (Wildman–Crippen LogP) is 1.50. The zero-order chi connectivity index (χ0) is 16.1. The van der Waals surface area contributed by atoms with Crippen LogP contribution in [-0.2, 0) is 0 Å². The Bertz CT molecular complexity index is 660. The van der Waals surface area contributed by atoms with Gasteiger partial charge in [-0.3, -0.25) is 10.2 Å². The van der Waals surface area contributed by atoms with E-state index >= 15 is 0 Å². The number of carbonyl (C=O) groups excluding carboxylic acids is 1. The Morgan fingerprint density at radius 1 is 1.32 bits per heavy atom. The second-order valence-corrected chi connectivity index (χ2v) is 4.73. The van der Waals surface area contributed by atoms with E-state index in [1.54, 1.807) is 6.92 Å². The molecule has 1 atom stereocenters. The van der Waals surface area contributed by atoms with Gasteiger partial charge in [-0.1, -0.05) is 25.1 Å². The number of hydrogen-bond donors (Lipinski definition) is 3. The third-order valence-corrected chi connectivity index (χ3v) is 3.19. The van der Waals surface area contributed by atoms with Crippen LogP contribution in [0.25, 0.3) is 0 Å². The Morgan fingerprint density at radius 3 is 2.59 bits per heavy atom. The molecule has 7 nitrogen and oxygen atoms in total. The monoisotopic (exact) mass is 301 g/mol. The van der Waals surface area contributed by atoms with E-state index in [0.29, 0.717) is 29.1 Å². The molecule has 1 amide bonds. The van der Waals surface area contributed by atoms with Crippen molar-refractivity contribution in [2.75, 3.05) is 5.73 Å². The highest BCUT2D eigenvalue weighted by atomic mass is 16.5. The third-order valence-electron chi connectivity index (χ3n) is 3.19. The summed E-state index contributed by atoms with van der Waals surface area (Å²) in [6.45, 7) is 3.62. The summed E-state index contributed by atoms with van der Waals surface area (Å²) >= 11 is 0. The SMILES string of the molecule is CCC(Oc1ccccc1)c1nc(N)nc(C)c1C(=O)NN. The fraction of sp³-hybridized carbons (Fsp3) is 0.267. The summed E-state index contributed by atoms with van der Waals surface area (Å²) in [4.78, 5) is 20.2. The number of nitrogens with zero attached hydrogens (tertiary/aromatic N) is 2. The zero-order valence-corrected chi connectivity index (χ0v) is 12.5. The van der Waals surface area contributed by atoms with Crippen LogP contribution in [0.2, 0.25) is 0 Å². The Kier molecular flexibility index (Phi) is 4.90. The van der Waals surface area contributed by atoms with E-state index in [1.807, 2.05) is 37.3 Å². The van der Waals surface area contributed by atoms with Crippen molar-refractivity contribution in [2.45, 2.75) is 26.4 Å². The summed E-state index contributed by atoms with van der Waals surface area (Å²) in [5.74, 6) is 5.55. The van der Waals surface area contributed by atoms with Gasteiger partial charge >= 0.3 is 0 Å². The fourth-order valence-corrected chi connectivity index (χ4v) is 2.20. The lowest BCUT2D eigenvalue weighted by Gasteiger charge is -2.20. The van der Waals surface area contributed by atoms with Crippen molar-refractivity contribution < 1.29 is 9.53 Å². The van der Waals surface area contributed by atoms with E-state index < -0.39 is 12.0 Å². The van der Waals surface area contributed by atoms with Gasteiger partial charge in [0.25, 0.3) is 5.91 Å². The lowest BCUT2D eigenvalue weighted by atomic mass is 10.0. The lowest BCUT2D eigenvalue weighted by Crippen LogP contribution is -2.33. The summed E-state index contributed by atoms with van der Waals surface area (Å²) in [6.07, 6.45) is 0.175. The molecule has 0 spiro atoms. The molecule has 0 bridgehead atoms. The summed E-state index contributed by atoms with van der Waals surface area (Å²) < 4.78 is 5.93. The van der Waals surface area contributed by atoms with Crippen LogP contribution in [0, 0.1) is 6.92 Å². The van der Waals surface area contributed by atoms with Crippen LogP contribution in [0.5, 0.6) is 5.75 Å². The number of anilines is 1. The molecule has 0 saturated carbocycles. The van der Waals surface area contributed by atoms with Crippen LogP contribution in [-0.4, -0.2) is 15.9 Å². The van der Waals surface area contributed by atoms with Crippen molar-refractivity contribution in [2.24, 2.45) is 5.84 Å². The standard InChI is InChI=1S/C15H19N5O2/c1-3-11(22-10-7-5-4-6-8-10)13-12(14(21)20-17)9(2)18-15(16)19-13/h4-8,11H,3,17H2,1-2H3,(H,20,21)(H2,16,18,19). The number of aromatic nitrogens is 2. The maximum atomic E-state index is 12.0. The van der Waals surface area contributed by atoms with Crippen LogP contribution in [0.4, 0.5) is 5.95 Å². The van der Waals surface area contributed by atoms with E-state index in [1.165, 1.54) is 0 Å². The second-order valence-electron chi connectivity index (χ2n) is 4.73. The summed E-state index contributed by atoms with van der Waals surface area (Å²) in [6, 6.07) is 9.31. The molecular formula is C15H19N5O2. The first-order valence-corrected chi connectivity index (χ1v) is 6.93. The van der Waals surface area contributed by atoms with Gasteiger partial charge < -0.3 is 10.5 Å². The molecule has 5 N–H and O–H groups in total. The van der Waals surface area contributed by atoms with Gasteiger partial charge in [0.1, 0.15) is 11.9 Å². The number of hydrazine groups is 1. The molecule has 0 radical (unpaired) electrons. The van der Waals surface area contributed by atoms with Crippen molar-refractivity contribution in [1.82, 2.24) is 15.4 Å². The molecule has 0 aliphatic heterocycles. The topological polar surface area (TPSA) is 116 Å². The number of amides is 1. The van der Waals surface area contributed by atoms with Crippen LogP contribution in [0.3, 0.4) is 0 Å². The Hall–Kier alpha value is -2.67. The summed E-state index contributed by atoms with van der Waals surface area (Å²) in [5, 5.41) is 0. The minimum absolute atomic E-state index is 0.0937. The second kappa shape index (κ2) is 6.86. The summed E-state index contributed by atoms with van der Waals surface area (Å²) in [5.41, 5.74) is 9.00. The van der Waals surface area contributed by atoms with Gasteiger partial charge in [-0.15, -0.1) is 0 Å². The maximum Gasteiger partial charge on any atom is 0.269 e. The number of aryl methyl sites for hydroxylation is 1. The van der Waals surface area contributed by atoms with Crippen molar-refractivity contribution in [3.05, 3.63) is 47.3 Å². The minimum Gasteiger partial charge on any atom is -0.484 e. The zero-order valence-electron chi connectivity index (χ0n) is 12.5. The molecule has 116 valence electrons. The van der Waals surface area contributed by atoms with Crippen molar-refractivity contribution in [3.63, 3.8) is 0 Å². The normalized spacial score (nSPS) is 11.8. The Morgan fingerprint density at radius 2 is 2.00 bits per heavy atom. The number of nitrogens with one attached hydrogen (secondary N) is 1. The lowest BCUT2D eigenvalue weighted by molar-refractivity contribution is 0.0945. The Balaban J connectivity index is 2.45. The fourth-order valence-electron chi connectivity index (χ4n) is 2.20. The van der Waals surface area contributed by atoms with Gasteiger partial charge in [-0.25, -0.2) is 15.8 Å². The van der Waals surface area contributed by atoms with Crippen molar-refractivity contribution >= 4 is 11.9 Å². The molecule has 0 aliphatic carbocycles. The van der Waals surface area contributed by atoms with Crippen LogP contribution < -0.4 is 21.7 Å². The van der Waals surface area contributed by atoms with Gasteiger partial charge in [0.15, 0.2) is 0 Å². The number of nitrogens with two attached hydrogens (primary N) is 2. The van der Waals surface area contributed by atoms with Crippen molar-refractivity contribution in [3.8, 4) is 5.75 Å². The molecule has 1 aromatic carbocycles.